The van der Waals surface area contributed by atoms with E-state index in [0.29, 0.717) is 0 Å². The minimum absolute atomic E-state index is 0.389. The Labute approximate surface area is 117 Å². The van der Waals surface area contributed by atoms with E-state index in [1.54, 1.807) is 0 Å². The van der Waals surface area contributed by atoms with E-state index < -0.39 is 0 Å². The fourth-order valence-electron chi connectivity index (χ4n) is 3.16. The Bertz CT molecular complexity index is 400. The van der Waals surface area contributed by atoms with Crippen LogP contribution in [-0.2, 0) is 0 Å². The zero-order valence-electron chi connectivity index (χ0n) is 12.5. The second kappa shape index (κ2) is 6.42. The van der Waals surface area contributed by atoms with Crippen molar-refractivity contribution >= 4 is 5.69 Å². The number of para-hydroxylation sites is 1. The van der Waals surface area contributed by atoms with Crippen molar-refractivity contribution in [3.05, 3.63) is 29.8 Å². The molecule has 0 saturated carbocycles. The number of hydrogen-bond donors (Lipinski definition) is 1. The first-order chi connectivity index (χ1) is 9.09. The number of aliphatic hydroxyl groups excluding tert-OH is 1. The highest BCUT2D eigenvalue weighted by Gasteiger charge is 2.21. The Morgan fingerprint density at radius 1 is 1.11 bits per heavy atom. The van der Waals surface area contributed by atoms with Gasteiger partial charge in [0, 0.05) is 24.3 Å². The molecule has 0 aromatic heterocycles. The Hall–Kier alpha value is -1.02. The molecule has 106 valence electrons. The van der Waals surface area contributed by atoms with Crippen molar-refractivity contribution in [1.82, 2.24) is 0 Å². The van der Waals surface area contributed by atoms with Crippen molar-refractivity contribution in [1.29, 1.82) is 0 Å². The SMILES string of the molecule is CC(O)c1ccccc1N1CCCC(C(C)C)CC1. The van der Waals surface area contributed by atoms with Gasteiger partial charge in [-0.3, -0.25) is 0 Å². The maximum absolute atomic E-state index is 9.92. The van der Waals surface area contributed by atoms with E-state index in [2.05, 4.69) is 30.9 Å². The van der Waals surface area contributed by atoms with E-state index in [9.17, 15) is 5.11 Å². The van der Waals surface area contributed by atoms with Crippen LogP contribution in [0.1, 0.15) is 51.7 Å². The molecule has 0 amide bonds. The van der Waals surface area contributed by atoms with Crippen LogP contribution in [0.5, 0.6) is 0 Å². The Kier molecular flexibility index (Phi) is 4.87. The first kappa shape index (κ1) is 14.4. The molecule has 1 aromatic rings. The lowest BCUT2D eigenvalue weighted by molar-refractivity contribution is 0.199. The molecule has 0 bridgehead atoms. The average Bonchev–Trinajstić information content (AvgIpc) is 2.64. The normalized spacial score (nSPS) is 22.4. The van der Waals surface area contributed by atoms with Crippen LogP contribution in [0.3, 0.4) is 0 Å². The summed E-state index contributed by atoms with van der Waals surface area (Å²) in [6, 6.07) is 8.29. The molecule has 0 aliphatic carbocycles. The number of aliphatic hydroxyl groups is 1. The topological polar surface area (TPSA) is 23.5 Å². The van der Waals surface area contributed by atoms with Gasteiger partial charge in [0.15, 0.2) is 0 Å². The van der Waals surface area contributed by atoms with Crippen LogP contribution in [0, 0.1) is 11.8 Å². The zero-order valence-corrected chi connectivity index (χ0v) is 12.5. The van der Waals surface area contributed by atoms with Crippen LogP contribution in [0.4, 0.5) is 5.69 Å². The van der Waals surface area contributed by atoms with Gasteiger partial charge in [-0.2, -0.15) is 0 Å². The standard InChI is InChI=1S/C17H27NO/c1-13(2)15-7-6-11-18(12-10-15)17-9-5-4-8-16(17)14(3)19/h4-5,8-9,13-15,19H,6-7,10-12H2,1-3H3. The molecule has 2 heteroatoms. The molecule has 19 heavy (non-hydrogen) atoms. The summed E-state index contributed by atoms with van der Waals surface area (Å²) in [5, 5.41) is 9.92. The number of rotatable bonds is 3. The first-order valence-corrected chi connectivity index (χ1v) is 7.61. The lowest BCUT2D eigenvalue weighted by Gasteiger charge is -2.27. The molecule has 1 aromatic carbocycles. The van der Waals surface area contributed by atoms with Crippen LogP contribution in [0.2, 0.25) is 0 Å². The first-order valence-electron chi connectivity index (χ1n) is 7.61. The number of nitrogens with zero attached hydrogens (tertiary/aromatic N) is 1. The summed E-state index contributed by atoms with van der Waals surface area (Å²) in [4.78, 5) is 2.46. The fourth-order valence-corrected chi connectivity index (χ4v) is 3.16. The summed E-state index contributed by atoms with van der Waals surface area (Å²) in [6.45, 7) is 8.77. The van der Waals surface area contributed by atoms with E-state index in [-0.39, 0.29) is 6.10 Å². The third kappa shape index (κ3) is 3.50. The number of hydrogen-bond acceptors (Lipinski definition) is 2. The second-order valence-corrected chi connectivity index (χ2v) is 6.16. The maximum Gasteiger partial charge on any atom is 0.0781 e. The molecule has 1 saturated heterocycles. The van der Waals surface area contributed by atoms with Crippen LogP contribution in [0.25, 0.3) is 0 Å². The smallest absolute Gasteiger partial charge is 0.0781 e. The van der Waals surface area contributed by atoms with E-state index in [1.807, 2.05) is 19.1 Å². The van der Waals surface area contributed by atoms with Crippen molar-refractivity contribution in [2.24, 2.45) is 11.8 Å². The summed E-state index contributed by atoms with van der Waals surface area (Å²) in [7, 11) is 0. The summed E-state index contributed by atoms with van der Waals surface area (Å²) < 4.78 is 0. The quantitative estimate of drug-likeness (QED) is 0.889. The maximum atomic E-state index is 9.92. The average molecular weight is 261 g/mol. The van der Waals surface area contributed by atoms with Gasteiger partial charge in [-0.25, -0.2) is 0 Å². The van der Waals surface area contributed by atoms with Gasteiger partial charge in [0.1, 0.15) is 0 Å². The van der Waals surface area contributed by atoms with Gasteiger partial charge < -0.3 is 10.0 Å². The Morgan fingerprint density at radius 3 is 2.53 bits per heavy atom. The molecule has 0 spiro atoms. The molecule has 1 aliphatic heterocycles. The van der Waals surface area contributed by atoms with Crippen LogP contribution in [0.15, 0.2) is 24.3 Å². The molecule has 1 heterocycles. The molecule has 0 radical (unpaired) electrons. The Balaban J connectivity index is 2.14. The van der Waals surface area contributed by atoms with E-state index in [0.717, 1.165) is 30.5 Å². The zero-order chi connectivity index (χ0) is 13.8. The van der Waals surface area contributed by atoms with E-state index >= 15 is 0 Å². The molecule has 2 unspecified atom stereocenters. The summed E-state index contributed by atoms with van der Waals surface area (Å²) in [5.41, 5.74) is 2.28. The number of benzene rings is 1. The molecular formula is C17H27NO. The lowest BCUT2D eigenvalue weighted by atomic mass is 9.89. The van der Waals surface area contributed by atoms with Crippen molar-refractivity contribution in [2.75, 3.05) is 18.0 Å². The molecule has 1 aliphatic rings. The summed E-state index contributed by atoms with van der Waals surface area (Å²) in [6.07, 6.45) is 3.48. The monoisotopic (exact) mass is 261 g/mol. The minimum Gasteiger partial charge on any atom is -0.389 e. The van der Waals surface area contributed by atoms with Gasteiger partial charge in [-0.15, -0.1) is 0 Å². The van der Waals surface area contributed by atoms with Gasteiger partial charge in [-0.1, -0.05) is 32.0 Å². The predicted octanol–water partition coefficient (Wildman–Crippen LogP) is 4.00. The van der Waals surface area contributed by atoms with Crippen molar-refractivity contribution in [3.8, 4) is 0 Å². The van der Waals surface area contributed by atoms with Gasteiger partial charge in [0.2, 0.25) is 0 Å². The van der Waals surface area contributed by atoms with Crippen LogP contribution >= 0.6 is 0 Å². The summed E-state index contributed by atoms with van der Waals surface area (Å²) in [5.74, 6) is 1.63. The predicted molar refractivity (Wildman–Crippen MR) is 81.5 cm³/mol. The lowest BCUT2D eigenvalue weighted by Crippen LogP contribution is -2.26. The molecule has 1 N–H and O–H groups in total. The minimum atomic E-state index is -0.389. The molecular weight excluding hydrogens is 234 g/mol. The number of anilines is 1. The van der Waals surface area contributed by atoms with Crippen LogP contribution < -0.4 is 4.90 Å². The molecule has 2 nitrogen and oxygen atoms in total. The highest BCUT2D eigenvalue weighted by atomic mass is 16.3. The van der Waals surface area contributed by atoms with Gasteiger partial charge in [0.05, 0.1) is 6.10 Å². The highest BCUT2D eigenvalue weighted by molar-refractivity contribution is 5.54. The second-order valence-electron chi connectivity index (χ2n) is 6.16. The highest BCUT2D eigenvalue weighted by Crippen LogP contribution is 2.31. The van der Waals surface area contributed by atoms with Crippen molar-refractivity contribution in [2.45, 2.75) is 46.1 Å². The third-order valence-electron chi connectivity index (χ3n) is 4.44. The van der Waals surface area contributed by atoms with Gasteiger partial charge >= 0.3 is 0 Å². The third-order valence-corrected chi connectivity index (χ3v) is 4.44. The fraction of sp³-hybridized carbons (Fsp3) is 0.647. The Morgan fingerprint density at radius 2 is 1.84 bits per heavy atom. The largest absolute Gasteiger partial charge is 0.389 e. The summed E-state index contributed by atoms with van der Waals surface area (Å²) >= 11 is 0. The molecule has 1 fully saturated rings. The van der Waals surface area contributed by atoms with Gasteiger partial charge in [-0.05, 0) is 44.1 Å². The van der Waals surface area contributed by atoms with Crippen molar-refractivity contribution < 1.29 is 5.11 Å². The molecule has 2 atom stereocenters. The van der Waals surface area contributed by atoms with Crippen molar-refractivity contribution in [3.63, 3.8) is 0 Å². The molecule has 2 rings (SSSR count). The van der Waals surface area contributed by atoms with E-state index in [4.69, 9.17) is 0 Å². The van der Waals surface area contributed by atoms with Crippen LogP contribution in [-0.4, -0.2) is 18.2 Å². The van der Waals surface area contributed by atoms with E-state index in [1.165, 1.54) is 24.9 Å². The van der Waals surface area contributed by atoms with Gasteiger partial charge in [0.25, 0.3) is 0 Å².